The summed E-state index contributed by atoms with van der Waals surface area (Å²) in [5, 5.41) is 9.71. The third-order valence-electron chi connectivity index (χ3n) is 3.23. The lowest BCUT2D eigenvalue weighted by atomic mass is 9.91. The van der Waals surface area contributed by atoms with Crippen molar-refractivity contribution in [2.45, 2.75) is 19.3 Å². The lowest BCUT2D eigenvalue weighted by Crippen LogP contribution is -2.39. The van der Waals surface area contributed by atoms with Gasteiger partial charge in [-0.2, -0.15) is 0 Å². The maximum atomic E-state index is 10.9. The fraction of sp³-hybridized carbons (Fsp3) is 0.462. The summed E-state index contributed by atoms with van der Waals surface area (Å²) in [6.07, 6.45) is 2.20. The maximum Gasteiger partial charge on any atom is 0.407 e. The van der Waals surface area contributed by atoms with Crippen LogP contribution in [0.4, 0.5) is 4.79 Å². The first-order valence-corrected chi connectivity index (χ1v) is 6.25. The molecular weight excluding hydrogens is 238 g/mol. The highest BCUT2D eigenvalue weighted by Gasteiger charge is 2.23. The number of rotatable bonds is 2. The molecule has 1 unspecified atom stereocenters. The van der Waals surface area contributed by atoms with Crippen molar-refractivity contribution in [1.82, 2.24) is 4.90 Å². The molecule has 1 aromatic rings. The minimum atomic E-state index is -0.800. The number of amides is 1. The smallest absolute Gasteiger partial charge is 0.407 e. The first-order chi connectivity index (χ1) is 8.15. The van der Waals surface area contributed by atoms with Crippen LogP contribution in [0.25, 0.3) is 0 Å². The molecule has 0 radical (unpaired) electrons. The van der Waals surface area contributed by atoms with E-state index in [2.05, 4.69) is 0 Å². The van der Waals surface area contributed by atoms with E-state index < -0.39 is 6.09 Å². The molecule has 1 fully saturated rings. The van der Waals surface area contributed by atoms with Crippen LogP contribution in [0.15, 0.2) is 24.3 Å². The summed E-state index contributed by atoms with van der Waals surface area (Å²) < 4.78 is 0. The van der Waals surface area contributed by atoms with Gasteiger partial charge < -0.3 is 10.0 Å². The fourth-order valence-corrected chi connectivity index (χ4v) is 2.49. The van der Waals surface area contributed by atoms with Gasteiger partial charge in [-0.3, -0.25) is 0 Å². The average Bonchev–Trinajstić information content (AvgIpc) is 2.32. The first-order valence-electron chi connectivity index (χ1n) is 5.87. The van der Waals surface area contributed by atoms with E-state index in [4.69, 9.17) is 16.7 Å². The standard InChI is InChI=1S/C13H16ClNO2/c14-12-5-3-10(4-6-12)8-11-2-1-7-15(9-11)13(16)17/h3-6,11H,1-2,7-9H2,(H,16,17). The minimum absolute atomic E-state index is 0.432. The highest BCUT2D eigenvalue weighted by molar-refractivity contribution is 6.30. The van der Waals surface area contributed by atoms with Gasteiger partial charge in [-0.1, -0.05) is 23.7 Å². The highest BCUT2D eigenvalue weighted by Crippen LogP contribution is 2.21. The monoisotopic (exact) mass is 253 g/mol. The Balaban J connectivity index is 1.94. The van der Waals surface area contributed by atoms with Gasteiger partial charge in [-0.25, -0.2) is 4.79 Å². The van der Waals surface area contributed by atoms with Crippen LogP contribution in [-0.2, 0) is 6.42 Å². The van der Waals surface area contributed by atoms with Crippen LogP contribution < -0.4 is 0 Å². The van der Waals surface area contributed by atoms with Crippen molar-refractivity contribution in [2.24, 2.45) is 5.92 Å². The van der Waals surface area contributed by atoms with Crippen LogP contribution >= 0.6 is 11.6 Å². The molecule has 0 spiro atoms. The topological polar surface area (TPSA) is 40.5 Å². The molecule has 1 aromatic carbocycles. The summed E-state index contributed by atoms with van der Waals surface area (Å²) >= 11 is 5.83. The van der Waals surface area contributed by atoms with E-state index in [1.54, 1.807) is 0 Å². The molecule has 1 saturated heterocycles. The summed E-state index contributed by atoms with van der Waals surface area (Å²) in [5.41, 5.74) is 1.23. The lowest BCUT2D eigenvalue weighted by Gasteiger charge is -2.30. The number of nitrogens with zero attached hydrogens (tertiary/aromatic N) is 1. The van der Waals surface area contributed by atoms with E-state index >= 15 is 0 Å². The van der Waals surface area contributed by atoms with Gasteiger partial charge in [0.05, 0.1) is 0 Å². The van der Waals surface area contributed by atoms with Crippen molar-refractivity contribution in [3.63, 3.8) is 0 Å². The van der Waals surface area contributed by atoms with Gasteiger partial charge in [-0.05, 0) is 42.9 Å². The van der Waals surface area contributed by atoms with Gasteiger partial charge in [-0.15, -0.1) is 0 Å². The van der Waals surface area contributed by atoms with Crippen LogP contribution in [-0.4, -0.2) is 29.2 Å². The van der Waals surface area contributed by atoms with E-state index in [0.29, 0.717) is 19.0 Å². The minimum Gasteiger partial charge on any atom is -0.465 e. The zero-order valence-electron chi connectivity index (χ0n) is 9.60. The predicted molar refractivity (Wildman–Crippen MR) is 67.5 cm³/mol. The molecule has 3 nitrogen and oxygen atoms in total. The Hall–Kier alpha value is -1.22. The maximum absolute atomic E-state index is 10.9. The molecule has 0 bridgehead atoms. The zero-order valence-corrected chi connectivity index (χ0v) is 10.4. The zero-order chi connectivity index (χ0) is 12.3. The largest absolute Gasteiger partial charge is 0.465 e. The molecule has 2 rings (SSSR count). The summed E-state index contributed by atoms with van der Waals surface area (Å²) in [6, 6.07) is 7.80. The molecule has 1 N–H and O–H groups in total. The highest BCUT2D eigenvalue weighted by atomic mass is 35.5. The van der Waals surface area contributed by atoms with Crippen LogP contribution in [0.5, 0.6) is 0 Å². The molecule has 17 heavy (non-hydrogen) atoms. The Morgan fingerprint density at radius 3 is 2.76 bits per heavy atom. The van der Waals surface area contributed by atoms with Crippen LogP contribution in [0.3, 0.4) is 0 Å². The number of carboxylic acid groups (broad SMARTS) is 1. The number of carbonyl (C=O) groups is 1. The van der Waals surface area contributed by atoms with Crippen molar-refractivity contribution in [1.29, 1.82) is 0 Å². The van der Waals surface area contributed by atoms with Crippen molar-refractivity contribution in [3.05, 3.63) is 34.9 Å². The lowest BCUT2D eigenvalue weighted by molar-refractivity contribution is 0.120. The molecule has 92 valence electrons. The molecule has 4 heteroatoms. The van der Waals surface area contributed by atoms with E-state index in [1.807, 2.05) is 24.3 Å². The number of hydrogen-bond donors (Lipinski definition) is 1. The molecule has 1 amide bonds. The van der Waals surface area contributed by atoms with Gasteiger partial charge in [0.15, 0.2) is 0 Å². The number of likely N-dealkylation sites (tertiary alicyclic amines) is 1. The van der Waals surface area contributed by atoms with Gasteiger partial charge in [0.25, 0.3) is 0 Å². The Morgan fingerprint density at radius 2 is 2.12 bits per heavy atom. The Kier molecular flexibility index (Phi) is 3.89. The Bertz CT molecular complexity index is 391. The van der Waals surface area contributed by atoms with Crippen molar-refractivity contribution >= 4 is 17.7 Å². The van der Waals surface area contributed by atoms with Gasteiger partial charge >= 0.3 is 6.09 Å². The predicted octanol–water partition coefficient (Wildman–Crippen LogP) is 3.27. The number of benzene rings is 1. The second kappa shape index (κ2) is 5.41. The van der Waals surface area contributed by atoms with Gasteiger partial charge in [0.2, 0.25) is 0 Å². The van der Waals surface area contributed by atoms with Crippen molar-refractivity contribution in [3.8, 4) is 0 Å². The van der Waals surface area contributed by atoms with Crippen LogP contribution in [0, 0.1) is 5.92 Å². The van der Waals surface area contributed by atoms with E-state index in [0.717, 1.165) is 24.3 Å². The Labute approximate surface area is 106 Å². The fourth-order valence-electron chi connectivity index (χ4n) is 2.36. The second-order valence-electron chi connectivity index (χ2n) is 4.57. The van der Waals surface area contributed by atoms with Gasteiger partial charge in [0.1, 0.15) is 0 Å². The van der Waals surface area contributed by atoms with Gasteiger partial charge in [0, 0.05) is 18.1 Å². The third-order valence-corrected chi connectivity index (χ3v) is 3.48. The molecule has 0 aliphatic carbocycles. The number of piperidine rings is 1. The van der Waals surface area contributed by atoms with Crippen LogP contribution in [0.1, 0.15) is 18.4 Å². The third kappa shape index (κ3) is 3.37. The summed E-state index contributed by atoms with van der Waals surface area (Å²) in [7, 11) is 0. The molecule has 0 aromatic heterocycles. The van der Waals surface area contributed by atoms with Crippen molar-refractivity contribution < 1.29 is 9.90 Å². The molecule has 1 atom stereocenters. The summed E-state index contributed by atoms with van der Waals surface area (Å²) in [5.74, 6) is 0.432. The number of hydrogen-bond acceptors (Lipinski definition) is 1. The van der Waals surface area contributed by atoms with E-state index in [-0.39, 0.29) is 0 Å². The number of halogens is 1. The molecular formula is C13H16ClNO2. The quantitative estimate of drug-likeness (QED) is 0.879. The normalized spacial score (nSPS) is 20.3. The SMILES string of the molecule is O=C(O)N1CCCC(Cc2ccc(Cl)cc2)C1. The van der Waals surface area contributed by atoms with E-state index in [9.17, 15) is 4.79 Å². The van der Waals surface area contributed by atoms with Crippen LogP contribution in [0.2, 0.25) is 5.02 Å². The molecule has 1 aliphatic heterocycles. The molecule has 1 heterocycles. The second-order valence-corrected chi connectivity index (χ2v) is 5.00. The summed E-state index contributed by atoms with van der Waals surface area (Å²) in [6.45, 7) is 1.32. The van der Waals surface area contributed by atoms with Crippen molar-refractivity contribution in [2.75, 3.05) is 13.1 Å². The summed E-state index contributed by atoms with van der Waals surface area (Å²) in [4.78, 5) is 12.4. The average molecular weight is 254 g/mol. The molecule has 0 saturated carbocycles. The Morgan fingerprint density at radius 1 is 1.41 bits per heavy atom. The first kappa shape index (κ1) is 12.2. The molecule has 1 aliphatic rings. The van der Waals surface area contributed by atoms with E-state index in [1.165, 1.54) is 10.5 Å².